The normalized spacial score (nSPS) is 22.9. The molecule has 45 heavy (non-hydrogen) atoms. The van der Waals surface area contributed by atoms with Crippen molar-refractivity contribution in [3.63, 3.8) is 0 Å². The van der Waals surface area contributed by atoms with Crippen molar-refractivity contribution in [2.45, 2.75) is 96.9 Å². The van der Waals surface area contributed by atoms with Crippen LogP contribution in [0.1, 0.15) is 95.9 Å². The van der Waals surface area contributed by atoms with Gasteiger partial charge in [0, 0.05) is 22.9 Å². The van der Waals surface area contributed by atoms with Crippen LogP contribution in [0.15, 0.2) is 48.7 Å². The fraction of sp³-hybridized carbons (Fsp3) is 0.432. The highest BCUT2D eigenvalue weighted by atomic mass is 16.6. The van der Waals surface area contributed by atoms with E-state index in [-0.39, 0.29) is 18.2 Å². The number of rotatable bonds is 3. The molecule has 2 fully saturated rings. The first kappa shape index (κ1) is 28.2. The summed E-state index contributed by atoms with van der Waals surface area (Å²) >= 11 is 0. The number of carbonyl (C=O) groups is 1. The first-order valence-corrected chi connectivity index (χ1v) is 16.4. The van der Waals surface area contributed by atoms with Crippen molar-refractivity contribution in [1.29, 1.82) is 0 Å². The zero-order valence-electron chi connectivity index (χ0n) is 26.7. The molecule has 2 N–H and O–H groups in total. The Labute approximate surface area is 263 Å². The maximum Gasteiger partial charge on any atom is 0.411 e. The van der Waals surface area contributed by atoms with Crippen LogP contribution in [-0.4, -0.2) is 42.6 Å². The van der Waals surface area contributed by atoms with Crippen molar-refractivity contribution in [3.8, 4) is 28.1 Å². The molecule has 1 saturated heterocycles. The smallest absolute Gasteiger partial charge is 0.411 e. The third-order valence-electron chi connectivity index (χ3n) is 9.95. The first-order chi connectivity index (χ1) is 21.6. The van der Waals surface area contributed by atoms with Crippen LogP contribution in [0.2, 0.25) is 0 Å². The molecular weight excluding hydrogens is 562 g/mol. The van der Waals surface area contributed by atoms with Crippen LogP contribution in [0.5, 0.6) is 5.75 Å². The highest BCUT2D eigenvalue weighted by molar-refractivity contribution is 6.07. The Morgan fingerprint density at radius 3 is 2.64 bits per heavy atom. The number of hydrogen-bond donors (Lipinski definition) is 2. The molecule has 3 aliphatic rings. The van der Waals surface area contributed by atoms with Crippen molar-refractivity contribution in [2.24, 2.45) is 5.92 Å². The average Bonchev–Trinajstić information content (AvgIpc) is 3.80. The fourth-order valence-electron chi connectivity index (χ4n) is 7.66. The number of aromatic amines is 2. The van der Waals surface area contributed by atoms with Gasteiger partial charge >= 0.3 is 6.09 Å². The molecule has 4 atom stereocenters. The minimum atomic E-state index is -0.552. The zero-order valence-corrected chi connectivity index (χ0v) is 26.7. The van der Waals surface area contributed by atoms with Gasteiger partial charge in [-0.1, -0.05) is 25.1 Å². The van der Waals surface area contributed by atoms with E-state index in [4.69, 9.17) is 19.4 Å². The molecule has 1 amide bonds. The lowest BCUT2D eigenvalue weighted by molar-refractivity contribution is 0.0152. The van der Waals surface area contributed by atoms with E-state index in [1.807, 2.05) is 31.9 Å². The molecule has 0 bridgehead atoms. The molecule has 232 valence electrons. The van der Waals surface area contributed by atoms with E-state index in [2.05, 4.69) is 66.3 Å². The third-order valence-corrected chi connectivity index (χ3v) is 9.95. The van der Waals surface area contributed by atoms with Crippen LogP contribution in [0.3, 0.4) is 0 Å². The van der Waals surface area contributed by atoms with Gasteiger partial charge in [0.1, 0.15) is 29.6 Å². The highest BCUT2D eigenvalue weighted by Crippen LogP contribution is 2.44. The number of carbonyl (C=O) groups excluding carboxylic acids is 1. The van der Waals surface area contributed by atoms with E-state index < -0.39 is 5.60 Å². The van der Waals surface area contributed by atoms with Gasteiger partial charge in [-0.2, -0.15) is 0 Å². The van der Waals surface area contributed by atoms with Crippen molar-refractivity contribution in [2.75, 3.05) is 0 Å². The summed E-state index contributed by atoms with van der Waals surface area (Å²) in [7, 11) is 0. The van der Waals surface area contributed by atoms with Crippen LogP contribution in [0.4, 0.5) is 4.79 Å². The van der Waals surface area contributed by atoms with Crippen LogP contribution in [0, 0.1) is 5.92 Å². The Bertz CT molecular complexity index is 1950. The molecule has 0 radical (unpaired) electrons. The summed E-state index contributed by atoms with van der Waals surface area (Å²) in [5, 5.41) is 2.18. The van der Waals surface area contributed by atoms with Crippen molar-refractivity contribution >= 4 is 27.9 Å². The van der Waals surface area contributed by atoms with Gasteiger partial charge in [-0.05, 0) is 112 Å². The van der Waals surface area contributed by atoms with Crippen LogP contribution < -0.4 is 4.74 Å². The summed E-state index contributed by atoms with van der Waals surface area (Å²) in [5.74, 6) is 4.10. The van der Waals surface area contributed by atoms with Crippen LogP contribution >= 0.6 is 0 Å². The van der Waals surface area contributed by atoms with E-state index in [1.54, 1.807) is 0 Å². The molecular formula is C37H41N5O3. The Balaban J connectivity index is 1.11. The lowest BCUT2D eigenvalue weighted by Crippen LogP contribution is -2.40. The number of ether oxygens (including phenoxy) is 2. The molecule has 8 nitrogen and oxygen atoms in total. The number of aromatic nitrogens is 4. The van der Waals surface area contributed by atoms with Gasteiger partial charge in [-0.25, -0.2) is 14.8 Å². The van der Waals surface area contributed by atoms with Gasteiger partial charge in [-0.15, -0.1) is 0 Å². The Morgan fingerprint density at radius 2 is 1.84 bits per heavy atom. The minimum Gasteiger partial charge on any atom is -0.488 e. The summed E-state index contributed by atoms with van der Waals surface area (Å²) in [6.07, 6.45) is 7.15. The molecule has 2 aliphatic heterocycles. The Hall–Kier alpha value is -4.33. The fourth-order valence-corrected chi connectivity index (χ4v) is 7.66. The average molecular weight is 604 g/mol. The third kappa shape index (κ3) is 4.95. The number of likely N-dealkylation sites (tertiary alicyclic amines) is 1. The monoisotopic (exact) mass is 603 g/mol. The summed E-state index contributed by atoms with van der Waals surface area (Å²) in [6, 6.07) is 15.1. The Kier molecular flexibility index (Phi) is 6.48. The number of amides is 1. The molecule has 8 heteroatoms. The first-order valence-electron chi connectivity index (χ1n) is 16.4. The SMILES string of the molecule is C[C@H]1CC[C@@H](c2ncc(-c3ccc4c(c3)COc3cc5c(ccc6nc([C@@H]7CC[C@H](C)N7C(=O)OC(C)(C)C)[nH]c65)cc3-4)[nH]2)C1. The lowest BCUT2D eigenvalue weighted by Gasteiger charge is -2.30. The van der Waals surface area contributed by atoms with Crippen LogP contribution in [-0.2, 0) is 11.3 Å². The molecule has 5 aromatic rings. The van der Waals surface area contributed by atoms with Gasteiger partial charge in [0.15, 0.2) is 0 Å². The van der Waals surface area contributed by atoms with E-state index >= 15 is 0 Å². The van der Waals surface area contributed by atoms with E-state index in [1.165, 1.54) is 30.4 Å². The van der Waals surface area contributed by atoms with E-state index in [0.29, 0.717) is 12.5 Å². The molecule has 3 aromatic carbocycles. The van der Waals surface area contributed by atoms with Gasteiger partial charge in [0.25, 0.3) is 0 Å². The molecule has 2 aromatic heterocycles. The predicted octanol–water partition coefficient (Wildman–Crippen LogP) is 9.03. The molecule has 1 saturated carbocycles. The number of nitrogens with one attached hydrogen (secondary N) is 2. The van der Waals surface area contributed by atoms with Crippen LogP contribution in [0.25, 0.3) is 44.2 Å². The standard InChI is InChI=1S/C37H41N5O3/c1-20-6-8-24(14-20)34-38-18-30(40-34)23-9-11-26-25(15-23)19-44-32-17-27-22(16-28(26)32)10-12-29-33(27)41-35(39-29)31-13-7-21(2)42(31)36(43)45-37(3,4)5/h9-12,15-18,20-21,24,31H,6-8,13-14,19H2,1-5H3,(H,38,40)(H,39,41)/t20-,21-,24+,31-/m0/s1. The highest BCUT2D eigenvalue weighted by Gasteiger charge is 2.39. The van der Waals surface area contributed by atoms with E-state index in [9.17, 15) is 4.79 Å². The van der Waals surface area contributed by atoms with Crippen molar-refractivity contribution in [3.05, 3.63) is 65.9 Å². The molecule has 0 spiro atoms. The molecule has 8 rings (SSSR count). The second kappa shape index (κ2) is 10.4. The number of imidazole rings is 2. The number of nitrogens with zero attached hydrogens (tertiary/aromatic N) is 3. The molecule has 0 unspecified atom stereocenters. The second-order valence-corrected chi connectivity index (χ2v) is 14.4. The predicted molar refractivity (Wildman–Crippen MR) is 176 cm³/mol. The summed E-state index contributed by atoms with van der Waals surface area (Å²) < 4.78 is 12.1. The summed E-state index contributed by atoms with van der Waals surface area (Å²) in [6.45, 7) is 10.6. The quantitative estimate of drug-likeness (QED) is 0.215. The number of fused-ring (bicyclic) bond motifs is 6. The van der Waals surface area contributed by atoms with Gasteiger partial charge in [-0.3, -0.25) is 4.90 Å². The van der Waals surface area contributed by atoms with Gasteiger partial charge in [0.05, 0.1) is 29.0 Å². The number of hydrogen-bond acceptors (Lipinski definition) is 5. The molecule has 1 aliphatic carbocycles. The maximum absolute atomic E-state index is 13.2. The molecule has 4 heterocycles. The number of H-pyrrole nitrogens is 2. The van der Waals surface area contributed by atoms with Gasteiger partial charge in [0.2, 0.25) is 0 Å². The van der Waals surface area contributed by atoms with E-state index in [0.717, 1.165) is 74.8 Å². The van der Waals surface area contributed by atoms with Crippen molar-refractivity contribution < 1.29 is 14.3 Å². The number of benzene rings is 3. The van der Waals surface area contributed by atoms with Crippen molar-refractivity contribution in [1.82, 2.24) is 24.8 Å². The Morgan fingerprint density at radius 1 is 0.978 bits per heavy atom. The maximum atomic E-state index is 13.2. The second-order valence-electron chi connectivity index (χ2n) is 14.4. The minimum absolute atomic E-state index is 0.0854. The summed E-state index contributed by atoms with van der Waals surface area (Å²) in [4.78, 5) is 31.9. The van der Waals surface area contributed by atoms with Gasteiger partial charge < -0.3 is 19.4 Å². The zero-order chi connectivity index (χ0) is 31.0. The lowest BCUT2D eigenvalue weighted by atomic mass is 9.92. The summed E-state index contributed by atoms with van der Waals surface area (Å²) in [5.41, 5.74) is 6.97. The largest absolute Gasteiger partial charge is 0.488 e. The topological polar surface area (TPSA) is 96.1 Å².